The summed E-state index contributed by atoms with van der Waals surface area (Å²) in [5.41, 5.74) is 3.96. The number of benzene rings is 2. The number of carbonyl (C=O) groups excluding carboxylic acids is 1. The van der Waals surface area contributed by atoms with Crippen LogP contribution in [0.2, 0.25) is 5.02 Å². The van der Waals surface area contributed by atoms with Crippen LogP contribution in [0.15, 0.2) is 47.4 Å². The molecule has 2 aromatic carbocycles. The molecule has 2 aromatic rings. The number of allylic oxidation sites excluding steroid dienone is 2. The van der Waals surface area contributed by atoms with Gasteiger partial charge in [-0.3, -0.25) is 4.79 Å². The average molecular weight is 394 g/mol. The van der Waals surface area contributed by atoms with Crippen LogP contribution >= 0.6 is 11.6 Å². The summed E-state index contributed by atoms with van der Waals surface area (Å²) < 4.78 is 39.4. The van der Waals surface area contributed by atoms with E-state index in [9.17, 15) is 17.6 Å². The molecule has 7 heteroatoms. The third-order valence-corrected chi connectivity index (χ3v) is 6.02. The van der Waals surface area contributed by atoms with E-state index in [0.29, 0.717) is 0 Å². The van der Waals surface area contributed by atoms with Gasteiger partial charge in [-0.05, 0) is 65.8 Å². The summed E-state index contributed by atoms with van der Waals surface area (Å²) >= 11 is 5.90. The summed E-state index contributed by atoms with van der Waals surface area (Å²) in [7, 11) is -3.85. The third-order valence-electron chi connectivity index (χ3n) is 4.28. The maximum absolute atomic E-state index is 13.4. The van der Waals surface area contributed by atoms with Crippen LogP contribution in [-0.2, 0) is 14.8 Å². The smallest absolute Gasteiger partial charge is 0.264 e. The molecular formula is C19H17ClFNO3S. The Labute approximate surface area is 156 Å². The van der Waals surface area contributed by atoms with Crippen molar-refractivity contribution < 1.29 is 17.6 Å². The van der Waals surface area contributed by atoms with Crippen molar-refractivity contribution in [1.29, 1.82) is 0 Å². The van der Waals surface area contributed by atoms with E-state index in [-0.39, 0.29) is 9.92 Å². The number of carbonyl (C=O) groups is 1. The number of hydrogen-bond acceptors (Lipinski definition) is 3. The van der Waals surface area contributed by atoms with Gasteiger partial charge in [-0.15, -0.1) is 0 Å². The van der Waals surface area contributed by atoms with E-state index in [0.717, 1.165) is 48.5 Å². The average Bonchev–Trinajstić information content (AvgIpc) is 3.06. The topological polar surface area (TPSA) is 63.2 Å². The fourth-order valence-electron chi connectivity index (χ4n) is 3.15. The SMILES string of the molecule is CC(=O)NS(=O)(=O)c1ccc(C2=C(c3ccc(F)c(Cl)c3)CCC2)cc1. The second-order valence-electron chi connectivity index (χ2n) is 6.13. The lowest BCUT2D eigenvalue weighted by Gasteiger charge is -2.10. The molecule has 0 aromatic heterocycles. The van der Waals surface area contributed by atoms with Gasteiger partial charge in [0.2, 0.25) is 5.91 Å². The highest BCUT2D eigenvalue weighted by atomic mass is 35.5. The largest absolute Gasteiger partial charge is 0.274 e. The normalized spacial score (nSPS) is 14.6. The van der Waals surface area contributed by atoms with Gasteiger partial charge >= 0.3 is 0 Å². The van der Waals surface area contributed by atoms with E-state index < -0.39 is 21.7 Å². The van der Waals surface area contributed by atoms with Gasteiger partial charge in [-0.1, -0.05) is 29.8 Å². The van der Waals surface area contributed by atoms with Gasteiger partial charge in [0.05, 0.1) is 9.92 Å². The van der Waals surface area contributed by atoms with E-state index in [1.54, 1.807) is 24.3 Å². The molecule has 1 N–H and O–H groups in total. The highest BCUT2D eigenvalue weighted by Gasteiger charge is 2.20. The van der Waals surface area contributed by atoms with Gasteiger partial charge in [-0.2, -0.15) is 0 Å². The Kier molecular flexibility index (Phi) is 5.16. The number of halogens is 2. The zero-order valence-electron chi connectivity index (χ0n) is 14.1. The molecular weight excluding hydrogens is 377 g/mol. The Morgan fingerprint density at radius 1 is 1.04 bits per heavy atom. The second-order valence-corrected chi connectivity index (χ2v) is 8.22. The van der Waals surface area contributed by atoms with Crippen molar-refractivity contribution in [3.63, 3.8) is 0 Å². The summed E-state index contributed by atoms with van der Waals surface area (Å²) in [6.45, 7) is 1.15. The summed E-state index contributed by atoms with van der Waals surface area (Å²) in [6, 6.07) is 11.1. The van der Waals surface area contributed by atoms with Crippen LogP contribution in [0.25, 0.3) is 11.1 Å². The Bertz CT molecular complexity index is 998. The van der Waals surface area contributed by atoms with Crippen molar-refractivity contribution >= 4 is 38.7 Å². The van der Waals surface area contributed by atoms with Crippen LogP contribution in [0.1, 0.15) is 37.3 Å². The van der Waals surface area contributed by atoms with Crippen molar-refractivity contribution in [2.75, 3.05) is 0 Å². The van der Waals surface area contributed by atoms with Crippen molar-refractivity contribution in [3.05, 3.63) is 64.4 Å². The maximum Gasteiger partial charge on any atom is 0.264 e. The molecule has 1 aliphatic carbocycles. The first-order valence-electron chi connectivity index (χ1n) is 8.09. The molecule has 0 atom stereocenters. The minimum absolute atomic E-state index is 0.0291. The number of amides is 1. The molecule has 0 unspecified atom stereocenters. The van der Waals surface area contributed by atoms with Crippen LogP contribution < -0.4 is 4.72 Å². The zero-order valence-corrected chi connectivity index (χ0v) is 15.6. The van der Waals surface area contributed by atoms with Crippen LogP contribution in [0.5, 0.6) is 0 Å². The molecule has 0 heterocycles. The molecule has 0 radical (unpaired) electrons. The quantitative estimate of drug-likeness (QED) is 0.837. The highest BCUT2D eigenvalue weighted by molar-refractivity contribution is 7.90. The molecule has 1 aliphatic rings. The third kappa shape index (κ3) is 3.81. The van der Waals surface area contributed by atoms with E-state index in [1.807, 2.05) is 4.72 Å². The Balaban J connectivity index is 1.97. The second kappa shape index (κ2) is 7.21. The van der Waals surface area contributed by atoms with Crippen molar-refractivity contribution in [2.24, 2.45) is 0 Å². The minimum atomic E-state index is -3.85. The Morgan fingerprint density at radius 3 is 2.19 bits per heavy atom. The standard InChI is InChI=1S/C19H17ClFNO3S/c1-12(23)22-26(24,25)15-8-5-13(6-9-15)16-3-2-4-17(16)14-7-10-19(21)18(20)11-14/h5-11H,2-4H2,1H3,(H,22,23). The predicted molar refractivity (Wildman–Crippen MR) is 99.5 cm³/mol. The fourth-order valence-corrected chi connectivity index (χ4v) is 4.32. The summed E-state index contributed by atoms with van der Waals surface area (Å²) in [5.74, 6) is -1.09. The molecule has 136 valence electrons. The van der Waals surface area contributed by atoms with E-state index >= 15 is 0 Å². The Morgan fingerprint density at radius 2 is 1.62 bits per heavy atom. The van der Waals surface area contributed by atoms with Crippen LogP contribution in [0.3, 0.4) is 0 Å². The molecule has 26 heavy (non-hydrogen) atoms. The molecule has 1 amide bonds. The number of nitrogens with one attached hydrogen (secondary N) is 1. The van der Waals surface area contributed by atoms with Gasteiger partial charge in [0.1, 0.15) is 5.82 Å². The molecule has 0 saturated heterocycles. The molecule has 0 saturated carbocycles. The summed E-state index contributed by atoms with van der Waals surface area (Å²) in [5, 5.41) is 0.0815. The number of hydrogen-bond donors (Lipinski definition) is 1. The van der Waals surface area contributed by atoms with E-state index in [2.05, 4.69) is 0 Å². The van der Waals surface area contributed by atoms with E-state index in [1.165, 1.54) is 18.2 Å². The monoisotopic (exact) mass is 393 g/mol. The van der Waals surface area contributed by atoms with Crippen LogP contribution in [0, 0.1) is 5.82 Å². The molecule has 0 spiro atoms. The molecule has 0 fully saturated rings. The van der Waals surface area contributed by atoms with Gasteiger partial charge in [0.15, 0.2) is 0 Å². The summed E-state index contributed by atoms with van der Waals surface area (Å²) in [6.07, 6.45) is 2.66. The molecule has 3 rings (SSSR count). The zero-order chi connectivity index (χ0) is 18.9. The summed E-state index contributed by atoms with van der Waals surface area (Å²) in [4.78, 5) is 11.1. The van der Waals surface area contributed by atoms with Crippen molar-refractivity contribution in [3.8, 4) is 0 Å². The minimum Gasteiger partial charge on any atom is -0.274 e. The lowest BCUT2D eigenvalue weighted by atomic mass is 9.97. The fraction of sp³-hybridized carbons (Fsp3) is 0.211. The number of sulfonamides is 1. The van der Waals surface area contributed by atoms with Gasteiger partial charge in [-0.25, -0.2) is 17.5 Å². The first-order chi connectivity index (χ1) is 12.3. The van der Waals surface area contributed by atoms with Crippen LogP contribution in [-0.4, -0.2) is 14.3 Å². The lowest BCUT2D eigenvalue weighted by Crippen LogP contribution is -2.28. The lowest BCUT2D eigenvalue weighted by molar-refractivity contribution is -0.117. The molecule has 4 nitrogen and oxygen atoms in total. The molecule has 0 bridgehead atoms. The van der Waals surface area contributed by atoms with Gasteiger partial charge in [0.25, 0.3) is 10.0 Å². The highest BCUT2D eigenvalue weighted by Crippen LogP contribution is 2.40. The first-order valence-corrected chi connectivity index (χ1v) is 9.95. The maximum atomic E-state index is 13.4. The van der Waals surface area contributed by atoms with E-state index in [4.69, 9.17) is 11.6 Å². The first kappa shape index (κ1) is 18.6. The van der Waals surface area contributed by atoms with Crippen molar-refractivity contribution in [2.45, 2.75) is 31.1 Å². The van der Waals surface area contributed by atoms with Gasteiger partial charge < -0.3 is 0 Å². The number of rotatable bonds is 4. The molecule has 0 aliphatic heterocycles. The van der Waals surface area contributed by atoms with Gasteiger partial charge in [0, 0.05) is 6.92 Å². The van der Waals surface area contributed by atoms with Crippen LogP contribution in [0.4, 0.5) is 4.39 Å². The Hall–Kier alpha value is -2.18. The predicted octanol–water partition coefficient (Wildman–Crippen LogP) is 4.40. The van der Waals surface area contributed by atoms with Crippen molar-refractivity contribution in [1.82, 2.24) is 4.72 Å².